The van der Waals surface area contributed by atoms with Crippen LogP contribution in [0.15, 0.2) is 24.3 Å². The zero-order valence-electron chi connectivity index (χ0n) is 13.0. The van der Waals surface area contributed by atoms with Crippen molar-refractivity contribution in [1.82, 2.24) is 4.90 Å². The number of para-hydroxylation sites is 1. The third-order valence-electron chi connectivity index (χ3n) is 4.37. The molecule has 118 valence electrons. The monoisotopic (exact) mass is 320 g/mol. The van der Waals surface area contributed by atoms with Crippen LogP contribution in [0.25, 0.3) is 0 Å². The lowest BCUT2D eigenvalue weighted by molar-refractivity contribution is -0.138. The molecule has 0 radical (unpaired) electrons. The number of benzene rings is 1. The molecule has 1 heterocycles. The van der Waals surface area contributed by atoms with Crippen LogP contribution in [0.1, 0.15) is 33.1 Å². The van der Waals surface area contributed by atoms with Crippen molar-refractivity contribution in [2.75, 3.05) is 11.4 Å². The smallest absolute Gasteiger partial charge is 0.228 e. The molecule has 1 aromatic carbocycles. The van der Waals surface area contributed by atoms with Gasteiger partial charge in [0, 0.05) is 25.0 Å². The first-order valence-corrected chi connectivity index (χ1v) is 8.24. The van der Waals surface area contributed by atoms with Crippen LogP contribution in [0.5, 0.6) is 0 Å². The first-order valence-electron chi connectivity index (χ1n) is 7.86. The molecule has 1 aromatic rings. The normalized spacial score (nSPS) is 21.5. The molecular formula is C17H21ClN2O2. The Morgan fingerprint density at radius 3 is 2.59 bits per heavy atom. The highest BCUT2D eigenvalue weighted by Gasteiger charge is 2.42. The maximum atomic E-state index is 12.8. The van der Waals surface area contributed by atoms with E-state index >= 15 is 0 Å². The topological polar surface area (TPSA) is 40.6 Å². The molecule has 3 rings (SSSR count). The molecule has 22 heavy (non-hydrogen) atoms. The number of nitrogens with zero attached hydrogens (tertiary/aromatic N) is 2. The third-order valence-corrected chi connectivity index (χ3v) is 4.69. The van der Waals surface area contributed by atoms with Gasteiger partial charge in [0.15, 0.2) is 0 Å². The number of carbonyl (C=O) groups is 2. The van der Waals surface area contributed by atoms with Crippen molar-refractivity contribution in [3.63, 3.8) is 0 Å². The van der Waals surface area contributed by atoms with Crippen molar-refractivity contribution >= 4 is 29.1 Å². The van der Waals surface area contributed by atoms with Crippen molar-refractivity contribution in [3.05, 3.63) is 29.3 Å². The molecule has 1 unspecified atom stereocenters. The zero-order valence-corrected chi connectivity index (χ0v) is 13.7. The second-order valence-electron chi connectivity index (χ2n) is 6.43. The van der Waals surface area contributed by atoms with Gasteiger partial charge in [-0.05, 0) is 38.8 Å². The predicted molar refractivity (Wildman–Crippen MR) is 86.9 cm³/mol. The lowest BCUT2D eigenvalue weighted by Gasteiger charge is -2.29. The standard InChI is InChI=1S/C17H21ClN2O2/c1-11(2)20(13-7-8-13)17(22)12-9-16(21)19(10-12)15-6-4-3-5-14(15)18/h3-6,11-13H,7-10H2,1-2H3. The second-order valence-corrected chi connectivity index (χ2v) is 6.83. The van der Waals surface area contributed by atoms with E-state index in [0.29, 0.717) is 23.3 Å². The van der Waals surface area contributed by atoms with E-state index in [2.05, 4.69) is 0 Å². The van der Waals surface area contributed by atoms with Gasteiger partial charge in [-0.15, -0.1) is 0 Å². The Labute approximate surface area is 136 Å². The Morgan fingerprint density at radius 1 is 1.32 bits per heavy atom. The summed E-state index contributed by atoms with van der Waals surface area (Å²) in [5, 5.41) is 0.548. The third kappa shape index (κ3) is 2.84. The van der Waals surface area contributed by atoms with Gasteiger partial charge in [-0.3, -0.25) is 9.59 Å². The molecule has 0 spiro atoms. The van der Waals surface area contributed by atoms with Gasteiger partial charge >= 0.3 is 0 Å². The zero-order chi connectivity index (χ0) is 15.9. The number of anilines is 1. The summed E-state index contributed by atoms with van der Waals surface area (Å²) in [4.78, 5) is 28.7. The van der Waals surface area contributed by atoms with Crippen molar-refractivity contribution in [2.45, 2.75) is 45.2 Å². The van der Waals surface area contributed by atoms with E-state index in [0.717, 1.165) is 12.8 Å². The van der Waals surface area contributed by atoms with Crippen molar-refractivity contribution in [1.29, 1.82) is 0 Å². The summed E-state index contributed by atoms with van der Waals surface area (Å²) in [5.74, 6) is -0.168. The van der Waals surface area contributed by atoms with Crippen LogP contribution in [0.2, 0.25) is 5.02 Å². The van der Waals surface area contributed by atoms with Crippen molar-refractivity contribution in [2.24, 2.45) is 5.92 Å². The van der Waals surface area contributed by atoms with Crippen LogP contribution in [0, 0.1) is 5.92 Å². The molecule has 2 amide bonds. The fourth-order valence-electron chi connectivity index (χ4n) is 3.20. The van der Waals surface area contributed by atoms with E-state index in [1.54, 1.807) is 11.0 Å². The molecule has 1 aliphatic heterocycles. The molecule has 0 aromatic heterocycles. The predicted octanol–water partition coefficient (Wildman–Crippen LogP) is 3.09. The Morgan fingerprint density at radius 2 is 2.00 bits per heavy atom. The van der Waals surface area contributed by atoms with E-state index in [1.807, 2.05) is 36.9 Å². The summed E-state index contributed by atoms with van der Waals surface area (Å²) in [6.45, 7) is 4.51. The van der Waals surface area contributed by atoms with Gasteiger partial charge < -0.3 is 9.80 Å². The molecule has 5 heteroatoms. The van der Waals surface area contributed by atoms with Crippen LogP contribution in [0.3, 0.4) is 0 Å². The average molecular weight is 321 g/mol. The first-order chi connectivity index (χ1) is 10.5. The molecule has 2 fully saturated rings. The summed E-state index contributed by atoms with van der Waals surface area (Å²) in [6.07, 6.45) is 2.44. The summed E-state index contributed by atoms with van der Waals surface area (Å²) in [7, 11) is 0. The van der Waals surface area contributed by atoms with Crippen molar-refractivity contribution in [3.8, 4) is 0 Å². The van der Waals surface area contributed by atoms with Gasteiger partial charge in [0.25, 0.3) is 0 Å². The molecule has 2 aliphatic rings. The molecule has 1 atom stereocenters. The highest BCUT2D eigenvalue weighted by Crippen LogP contribution is 2.35. The first kappa shape index (κ1) is 15.3. The molecule has 0 bridgehead atoms. The maximum absolute atomic E-state index is 12.8. The number of hydrogen-bond donors (Lipinski definition) is 0. The van der Waals surface area contributed by atoms with Gasteiger partial charge in [-0.1, -0.05) is 23.7 Å². The van der Waals surface area contributed by atoms with E-state index in [1.165, 1.54) is 0 Å². The number of amides is 2. The second kappa shape index (κ2) is 5.92. The number of hydrogen-bond acceptors (Lipinski definition) is 2. The van der Waals surface area contributed by atoms with E-state index < -0.39 is 0 Å². The van der Waals surface area contributed by atoms with E-state index in [-0.39, 0.29) is 30.2 Å². The van der Waals surface area contributed by atoms with Gasteiger partial charge in [0.05, 0.1) is 16.6 Å². The van der Waals surface area contributed by atoms with Gasteiger partial charge in [0.1, 0.15) is 0 Å². The average Bonchev–Trinajstić information content (AvgIpc) is 3.21. The van der Waals surface area contributed by atoms with Crippen LogP contribution in [0.4, 0.5) is 5.69 Å². The SMILES string of the molecule is CC(C)N(C(=O)C1CC(=O)N(c2ccccc2Cl)C1)C1CC1. The Hall–Kier alpha value is -1.55. The minimum Gasteiger partial charge on any atom is -0.337 e. The quantitative estimate of drug-likeness (QED) is 0.855. The molecule has 4 nitrogen and oxygen atoms in total. The molecule has 1 saturated heterocycles. The summed E-state index contributed by atoms with van der Waals surface area (Å²) < 4.78 is 0. The van der Waals surface area contributed by atoms with Gasteiger partial charge in [-0.25, -0.2) is 0 Å². The Balaban J connectivity index is 1.77. The number of halogens is 1. The van der Waals surface area contributed by atoms with Crippen LogP contribution >= 0.6 is 11.6 Å². The van der Waals surface area contributed by atoms with Crippen LogP contribution in [-0.2, 0) is 9.59 Å². The molecule has 1 aliphatic carbocycles. The lowest BCUT2D eigenvalue weighted by atomic mass is 10.1. The largest absolute Gasteiger partial charge is 0.337 e. The van der Waals surface area contributed by atoms with Crippen molar-refractivity contribution < 1.29 is 9.59 Å². The fraction of sp³-hybridized carbons (Fsp3) is 0.529. The maximum Gasteiger partial charge on any atom is 0.228 e. The Kier molecular flexibility index (Phi) is 4.13. The lowest BCUT2D eigenvalue weighted by Crippen LogP contribution is -2.43. The summed E-state index contributed by atoms with van der Waals surface area (Å²) in [6, 6.07) is 7.84. The van der Waals surface area contributed by atoms with Gasteiger partial charge in [-0.2, -0.15) is 0 Å². The minimum absolute atomic E-state index is 0.0223. The highest BCUT2D eigenvalue weighted by atomic mass is 35.5. The van der Waals surface area contributed by atoms with E-state index in [9.17, 15) is 9.59 Å². The molecule has 0 N–H and O–H groups in total. The van der Waals surface area contributed by atoms with Crippen LogP contribution < -0.4 is 4.90 Å². The number of carbonyl (C=O) groups excluding carboxylic acids is 2. The Bertz CT molecular complexity index is 596. The van der Waals surface area contributed by atoms with Gasteiger partial charge in [0.2, 0.25) is 11.8 Å². The summed E-state index contributed by atoms with van der Waals surface area (Å²) in [5.41, 5.74) is 0.701. The molecule has 1 saturated carbocycles. The van der Waals surface area contributed by atoms with E-state index in [4.69, 9.17) is 11.6 Å². The van der Waals surface area contributed by atoms with Crippen LogP contribution in [-0.4, -0.2) is 35.3 Å². The summed E-state index contributed by atoms with van der Waals surface area (Å²) >= 11 is 6.18. The molecular weight excluding hydrogens is 300 g/mol. The minimum atomic E-state index is -0.258. The fourth-order valence-corrected chi connectivity index (χ4v) is 3.43. The highest BCUT2D eigenvalue weighted by molar-refractivity contribution is 6.33. The number of rotatable bonds is 4.